The predicted molar refractivity (Wildman–Crippen MR) is 101 cm³/mol. The second-order valence-corrected chi connectivity index (χ2v) is 7.21. The van der Waals surface area contributed by atoms with E-state index in [1.54, 1.807) is 19.1 Å². The van der Waals surface area contributed by atoms with Crippen LogP contribution in [0.2, 0.25) is 0 Å². The molecule has 1 amide bonds. The smallest absolute Gasteiger partial charge is 0.433 e. The lowest BCUT2D eigenvalue weighted by Gasteiger charge is -2.12. The number of carbonyl (C=O) groups is 2. The molecule has 0 radical (unpaired) electrons. The van der Waals surface area contributed by atoms with Crippen LogP contribution in [0.3, 0.4) is 0 Å². The number of aryl methyl sites for hydroxylation is 1. The Balaban J connectivity index is 1.62. The average molecular weight is 425 g/mol. The number of anilines is 1. The van der Waals surface area contributed by atoms with E-state index in [1.807, 2.05) is 0 Å². The Morgan fingerprint density at radius 1 is 1.17 bits per heavy atom. The fourth-order valence-electron chi connectivity index (χ4n) is 2.94. The maximum Gasteiger partial charge on any atom is 0.433 e. The maximum atomic E-state index is 13.2. The van der Waals surface area contributed by atoms with Gasteiger partial charge in [-0.25, -0.2) is 14.8 Å². The van der Waals surface area contributed by atoms with Gasteiger partial charge in [-0.1, -0.05) is 11.8 Å². The van der Waals surface area contributed by atoms with Crippen LogP contribution in [-0.4, -0.2) is 34.2 Å². The molecule has 6 nitrogen and oxygen atoms in total. The third-order valence-corrected chi connectivity index (χ3v) is 5.04. The van der Waals surface area contributed by atoms with Crippen LogP contribution in [0.15, 0.2) is 29.4 Å². The van der Waals surface area contributed by atoms with Crippen LogP contribution in [0, 0.1) is 0 Å². The van der Waals surface area contributed by atoms with Crippen molar-refractivity contribution in [2.75, 3.05) is 17.7 Å². The van der Waals surface area contributed by atoms with E-state index < -0.39 is 23.7 Å². The maximum absolute atomic E-state index is 13.2. The number of amides is 1. The highest BCUT2D eigenvalue weighted by molar-refractivity contribution is 7.99. The summed E-state index contributed by atoms with van der Waals surface area (Å²) >= 11 is 0.850. The van der Waals surface area contributed by atoms with Crippen molar-refractivity contribution in [3.8, 4) is 0 Å². The van der Waals surface area contributed by atoms with E-state index in [4.69, 9.17) is 4.74 Å². The summed E-state index contributed by atoms with van der Waals surface area (Å²) in [6.45, 7) is 1.96. The standard InChI is InChI=1S/C19H18F3N3O3S/c1-2-28-17(27)11-6-8-12(9-7-11)23-15(26)10-29-18-24-14-5-3-4-13(14)16(25-18)19(20,21)22/h6-9H,2-5,10H2,1H3,(H,23,26). The Morgan fingerprint density at radius 2 is 1.90 bits per heavy atom. The number of hydrogen-bond donors (Lipinski definition) is 1. The number of benzene rings is 1. The van der Waals surface area contributed by atoms with Crippen molar-refractivity contribution in [2.45, 2.75) is 37.5 Å². The average Bonchev–Trinajstić information content (AvgIpc) is 3.14. The van der Waals surface area contributed by atoms with Gasteiger partial charge in [-0.2, -0.15) is 13.2 Å². The molecule has 3 rings (SSSR count). The normalized spacial score (nSPS) is 13.1. The van der Waals surface area contributed by atoms with Gasteiger partial charge >= 0.3 is 12.1 Å². The van der Waals surface area contributed by atoms with E-state index in [2.05, 4.69) is 15.3 Å². The van der Waals surface area contributed by atoms with Crippen molar-refractivity contribution >= 4 is 29.3 Å². The Labute approximate surface area is 169 Å². The lowest BCUT2D eigenvalue weighted by Crippen LogP contribution is -2.16. The number of ether oxygens (including phenoxy) is 1. The predicted octanol–water partition coefficient (Wildman–Crippen LogP) is 3.89. The number of nitrogens with one attached hydrogen (secondary N) is 1. The molecule has 0 spiro atoms. The molecule has 1 aliphatic carbocycles. The first-order valence-corrected chi connectivity index (χ1v) is 9.93. The van der Waals surface area contributed by atoms with Gasteiger partial charge in [-0.05, 0) is 50.5 Å². The van der Waals surface area contributed by atoms with Crippen molar-refractivity contribution < 1.29 is 27.5 Å². The zero-order valence-electron chi connectivity index (χ0n) is 15.5. The van der Waals surface area contributed by atoms with Gasteiger partial charge in [-0.15, -0.1) is 0 Å². The number of aromatic nitrogens is 2. The zero-order chi connectivity index (χ0) is 21.0. The van der Waals surface area contributed by atoms with Gasteiger partial charge in [0.15, 0.2) is 10.9 Å². The minimum Gasteiger partial charge on any atom is -0.462 e. The number of carbonyl (C=O) groups excluding carboxylic acids is 2. The Bertz CT molecular complexity index is 917. The van der Waals surface area contributed by atoms with Crippen molar-refractivity contribution in [3.05, 3.63) is 46.8 Å². The summed E-state index contributed by atoms with van der Waals surface area (Å²) in [5.74, 6) is -1.03. The summed E-state index contributed by atoms with van der Waals surface area (Å²) in [6.07, 6.45) is -3.13. The molecule has 0 saturated heterocycles. The van der Waals surface area contributed by atoms with E-state index in [0.29, 0.717) is 36.2 Å². The minimum atomic E-state index is -4.55. The fraction of sp³-hybridized carbons (Fsp3) is 0.368. The van der Waals surface area contributed by atoms with Crippen LogP contribution >= 0.6 is 11.8 Å². The number of thioether (sulfide) groups is 1. The van der Waals surface area contributed by atoms with Crippen LogP contribution in [0.5, 0.6) is 0 Å². The number of rotatable bonds is 6. The van der Waals surface area contributed by atoms with Crippen molar-refractivity contribution in [1.29, 1.82) is 0 Å². The molecule has 0 atom stereocenters. The SMILES string of the molecule is CCOC(=O)c1ccc(NC(=O)CSc2nc3c(c(C(F)(F)F)n2)CCC3)cc1. The summed E-state index contributed by atoms with van der Waals surface area (Å²) in [4.78, 5) is 31.5. The summed E-state index contributed by atoms with van der Waals surface area (Å²) in [7, 11) is 0. The third-order valence-electron chi connectivity index (χ3n) is 4.19. The highest BCUT2D eigenvalue weighted by atomic mass is 32.2. The molecule has 2 aromatic rings. The molecule has 1 aliphatic rings. The molecule has 154 valence electrons. The lowest BCUT2D eigenvalue weighted by atomic mass is 10.2. The number of esters is 1. The monoisotopic (exact) mass is 425 g/mol. The highest BCUT2D eigenvalue weighted by Gasteiger charge is 2.38. The largest absolute Gasteiger partial charge is 0.462 e. The summed E-state index contributed by atoms with van der Waals surface area (Å²) < 4.78 is 44.6. The quantitative estimate of drug-likeness (QED) is 0.430. The summed E-state index contributed by atoms with van der Waals surface area (Å²) in [5, 5.41) is 2.55. The topological polar surface area (TPSA) is 81.2 Å². The van der Waals surface area contributed by atoms with Gasteiger partial charge in [0.05, 0.1) is 17.9 Å². The first-order valence-electron chi connectivity index (χ1n) is 8.94. The molecular weight excluding hydrogens is 407 g/mol. The Morgan fingerprint density at radius 3 is 2.55 bits per heavy atom. The van der Waals surface area contributed by atoms with Gasteiger partial charge < -0.3 is 10.1 Å². The van der Waals surface area contributed by atoms with Crippen LogP contribution in [0.1, 0.15) is 40.7 Å². The van der Waals surface area contributed by atoms with Gasteiger partial charge in [0.2, 0.25) is 5.91 Å². The molecule has 1 aromatic carbocycles. The molecule has 0 bridgehead atoms. The van der Waals surface area contributed by atoms with Crippen LogP contribution in [0.4, 0.5) is 18.9 Å². The van der Waals surface area contributed by atoms with E-state index >= 15 is 0 Å². The van der Waals surface area contributed by atoms with Crippen LogP contribution < -0.4 is 5.32 Å². The second kappa shape index (κ2) is 8.81. The number of nitrogens with zero attached hydrogens (tertiary/aromatic N) is 2. The molecule has 0 saturated carbocycles. The molecule has 1 heterocycles. The molecule has 10 heteroatoms. The van der Waals surface area contributed by atoms with Gasteiger partial charge in [0.1, 0.15) is 0 Å². The van der Waals surface area contributed by atoms with Gasteiger partial charge in [0.25, 0.3) is 0 Å². The van der Waals surface area contributed by atoms with E-state index in [0.717, 1.165) is 11.8 Å². The molecule has 1 aromatic heterocycles. The molecule has 0 fully saturated rings. The first-order chi connectivity index (χ1) is 13.8. The molecule has 29 heavy (non-hydrogen) atoms. The number of hydrogen-bond acceptors (Lipinski definition) is 6. The first kappa shape index (κ1) is 21.1. The summed E-state index contributed by atoms with van der Waals surface area (Å²) in [6, 6.07) is 6.12. The van der Waals surface area contributed by atoms with Gasteiger partial charge in [0, 0.05) is 16.9 Å². The molecule has 0 aliphatic heterocycles. The highest BCUT2D eigenvalue weighted by Crippen LogP contribution is 2.36. The van der Waals surface area contributed by atoms with E-state index in [9.17, 15) is 22.8 Å². The minimum absolute atomic E-state index is 0.0641. The summed E-state index contributed by atoms with van der Waals surface area (Å²) in [5.41, 5.74) is 0.468. The van der Waals surface area contributed by atoms with Crippen molar-refractivity contribution in [1.82, 2.24) is 9.97 Å². The van der Waals surface area contributed by atoms with E-state index in [-0.39, 0.29) is 23.1 Å². The van der Waals surface area contributed by atoms with Crippen molar-refractivity contribution in [2.24, 2.45) is 0 Å². The van der Waals surface area contributed by atoms with Crippen LogP contribution in [0.25, 0.3) is 0 Å². The van der Waals surface area contributed by atoms with E-state index in [1.165, 1.54) is 12.1 Å². The number of halogens is 3. The number of fused-ring (bicyclic) bond motifs is 1. The van der Waals surface area contributed by atoms with Gasteiger partial charge in [-0.3, -0.25) is 4.79 Å². The fourth-order valence-corrected chi connectivity index (χ4v) is 3.60. The number of alkyl halides is 3. The molecule has 0 unspecified atom stereocenters. The second-order valence-electron chi connectivity index (χ2n) is 6.27. The Kier molecular flexibility index (Phi) is 6.41. The molecular formula is C19H18F3N3O3S. The lowest BCUT2D eigenvalue weighted by molar-refractivity contribution is -0.142. The zero-order valence-corrected chi connectivity index (χ0v) is 16.3. The van der Waals surface area contributed by atoms with Crippen LogP contribution in [-0.2, 0) is 28.5 Å². The molecule has 1 N–H and O–H groups in total. The van der Waals surface area contributed by atoms with Crippen molar-refractivity contribution in [3.63, 3.8) is 0 Å². The third kappa shape index (κ3) is 5.26. The Hall–Kier alpha value is -2.62.